The van der Waals surface area contributed by atoms with Crippen LogP contribution in [-0.4, -0.2) is 4.98 Å². The molecule has 0 N–H and O–H groups in total. The van der Waals surface area contributed by atoms with Gasteiger partial charge < -0.3 is 0 Å². The Morgan fingerprint density at radius 3 is 2.55 bits per heavy atom. The molecule has 3 rings (SSSR count). The predicted octanol–water partition coefficient (Wildman–Crippen LogP) is 4.23. The van der Waals surface area contributed by atoms with Crippen LogP contribution in [0, 0.1) is 12.8 Å². The van der Waals surface area contributed by atoms with Crippen LogP contribution in [-0.2, 0) is 13.5 Å². The van der Waals surface area contributed by atoms with E-state index < -0.39 is 0 Å². The van der Waals surface area contributed by atoms with Crippen LogP contribution >= 0.6 is 0 Å². The van der Waals surface area contributed by atoms with Crippen molar-refractivity contribution in [3.8, 4) is 11.3 Å². The molecule has 0 atom stereocenters. The van der Waals surface area contributed by atoms with Crippen LogP contribution < -0.4 is 4.57 Å². The van der Waals surface area contributed by atoms with Crippen LogP contribution in [0.15, 0.2) is 48.7 Å². The topological polar surface area (TPSA) is 16.8 Å². The molecule has 1 aromatic heterocycles. The van der Waals surface area contributed by atoms with Gasteiger partial charge in [0.25, 0.3) is 0 Å². The van der Waals surface area contributed by atoms with E-state index in [1.807, 2.05) is 6.20 Å². The maximum atomic E-state index is 4.79. The van der Waals surface area contributed by atoms with Crippen molar-refractivity contribution in [3.63, 3.8) is 0 Å². The zero-order valence-corrected chi connectivity index (χ0v) is 13.8. The SMILES string of the molecule is Cc1ccccc1-c1cnc2c(CC(C)C)cccc2[n+]1C. The van der Waals surface area contributed by atoms with Gasteiger partial charge in [-0.25, -0.2) is 4.98 Å². The summed E-state index contributed by atoms with van der Waals surface area (Å²) in [5.74, 6) is 0.633. The molecular weight excluding hydrogens is 268 g/mol. The lowest BCUT2D eigenvalue weighted by atomic mass is 10.0. The number of hydrogen-bond donors (Lipinski definition) is 0. The summed E-state index contributed by atoms with van der Waals surface area (Å²) in [6, 6.07) is 15.0. The highest BCUT2D eigenvalue weighted by molar-refractivity contribution is 5.76. The number of benzene rings is 2. The van der Waals surface area contributed by atoms with E-state index in [0.29, 0.717) is 5.92 Å². The molecule has 22 heavy (non-hydrogen) atoms. The van der Waals surface area contributed by atoms with Crippen molar-refractivity contribution < 1.29 is 4.57 Å². The normalized spacial score (nSPS) is 11.3. The van der Waals surface area contributed by atoms with Crippen LogP contribution in [0.3, 0.4) is 0 Å². The molecule has 2 nitrogen and oxygen atoms in total. The van der Waals surface area contributed by atoms with Gasteiger partial charge in [0.1, 0.15) is 18.8 Å². The smallest absolute Gasteiger partial charge is 0.231 e. The van der Waals surface area contributed by atoms with Crippen molar-refractivity contribution >= 4 is 11.0 Å². The number of aromatic nitrogens is 2. The first kappa shape index (κ1) is 14.7. The molecule has 0 amide bonds. The molecule has 0 aliphatic rings. The van der Waals surface area contributed by atoms with Crippen molar-refractivity contribution in [2.24, 2.45) is 13.0 Å². The fraction of sp³-hybridized carbons (Fsp3) is 0.300. The zero-order valence-electron chi connectivity index (χ0n) is 13.8. The molecule has 2 heteroatoms. The molecule has 0 fully saturated rings. The molecule has 0 saturated heterocycles. The lowest BCUT2D eigenvalue weighted by Gasteiger charge is -2.09. The summed E-state index contributed by atoms with van der Waals surface area (Å²) in [6.07, 6.45) is 3.07. The molecule has 112 valence electrons. The fourth-order valence-electron chi connectivity index (χ4n) is 3.05. The molecule has 0 bridgehead atoms. The first-order valence-corrected chi connectivity index (χ1v) is 7.90. The standard InChI is InChI=1S/C20H23N2/c1-14(2)12-16-9-7-11-18-20(16)21-13-19(22(18)4)17-10-6-5-8-15(17)3/h5-11,13-14H,12H2,1-4H3/q+1. The average molecular weight is 291 g/mol. The van der Waals surface area contributed by atoms with Gasteiger partial charge in [0.15, 0.2) is 0 Å². The fourth-order valence-corrected chi connectivity index (χ4v) is 3.05. The van der Waals surface area contributed by atoms with Gasteiger partial charge in [-0.1, -0.05) is 44.2 Å². The summed E-state index contributed by atoms with van der Waals surface area (Å²) in [7, 11) is 2.13. The molecule has 0 spiro atoms. The average Bonchev–Trinajstić information content (AvgIpc) is 2.49. The number of hydrogen-bond acceptors (Lipinski definition) is 1. The third-order valence-electron chi connectivity index (χ3n) is 4.19. The summed E-state index contributed by atoms with van der Waals surface area (Å²) >= 11 is 0. The molecule has 0 aliphatic carbocycles. The first-order chi connectivity index (χ1) is 10.6. The molecular formula is C20H23N2+. The Morgan fingerprint density at radius 2 is 1.82 bits per heavy atom. The molecule has 3 aromatic rings. The Labute approximate surface area is 132 Å². The monoisotopic (exact) mass is 291 g/mol. The van der Waals surface area contributed by atoms with E-state index in [4.69, 9.17) is 4.98 Å². The van der Waals surface area contributed by atoms with Crippen molar-refractivity contribution in [3.05, 3.63) is 59.8 Å². The summed E-state index contributed by atoms with van der Waals surface area (Å²) in [5.41, 5.74) is 7.33. The van der Waals surface area contributed by atoms with E-state index in [2.05, 4.69) is 74.9 Å². The van der Waals surface area contributed by atoms with Gasteiger partial charge in [-0.3, -0.25) is 0 Å². The quantitative estimate of drug-likeness (QED) is 0.660. The van der Waals surface area contributed by atoms with Gasteiger partial charge in [-0.05, 0) is 36.5 Å². The Kier molecular flexibility index (Phi) is 3.93. The van der Waals surface area contributed by atoms with Crippen LogP contribution in [0.2, 0.25) is 0 Å². The number of fused-ring (bicyclic) bond motifs is 1. The van der Waals surface area contributed by atoms with Crippen molar-refractivity contribution in [2.45, 2.75) is 27.2 Å². The Balaban J connectivity index is 2.21. The Hall–Kier alpha value is -2.22. The third-order valence-corrected chi connectivity index (χ3v) is 4.19. The van der Waals surface area contributed by atoms with Crippen LogP contribution in [0.5, 0.6) is 0 Å². The van der Waals surface area contributed by atoms with E-state index in [9.17, 15) is 0 Å². The zero-order chi connectivity index (χ0) is 15.7. The Bertz CT molecular complexity index is 819. The highest BCUT2D eigenvalue weighted by atomic mass is 15.0. The number of nitrogens with zero attached hydrogens (tertiary/aromatic N) is 2. The molecule has 1 heterocycles. The minimum absolute atomic E-state index is 0.633. The third kappa shape index (κ3) is 2.61. The van der Waals surface area contributed by atoms with Crippen LogP contribution in [0.1, 0.15) is 25.0 Å². The van der Waals surface area contributed by atoms with Gasteiger partial charge in [0.05, 0.1) is 5.56 Å². The molecule has 0 unspecified atom stereocenters. The second-order valence-electron chi connectivity index (χ2n) is 6.40. The van der Waals surface area contributed by atoms with Gasteiger partial charge in [0.2, 0.25) is 11.2 Å². The second kappa shape index (κ2) is 5.88. The van der Waals surface area contributed by atoms with Gasteiger partial charge in [-0.2, -0.15) is 4.57 Å². The maximum absolute atomic E-state index is 4.79. The van der Waals surface area contributed by atoms with Crippen LogP contribution in [0.4, 0.5) is 0 Å². The van der Waals surface area contributed by atoms with E-state index in [0.717, 1.165) is 17.6 Å². The van der Waals surface area contributed by atoms with E-state index in [-0.39, 0.29) is 0 Å². The molecule has 0 aliphatic heterocycles. The second-order valence-corrected chi connectivity index (χ2v) is 6.40. The first-order valence-electron chi connectivity index (χ1n) is 7.90. The maximum Gasteiger partial charge on any atom is 0.231 e. The van der Waals surface area contributed by atoms with E-state index in [1.54, 1.807) is 0 Å². The highest BCUT2D eigenvalue weighted by Crippen LogP contribution is 2.23. The van der Waals surface area contributed by atoms with Crippen molar-refractivity contribution in [2.75, 3.05) is 0 Å². The number of rotatable bonds is 3. The minimum atomic E-state index is 0.633. The lowest BCUT2D eigenvalue weighted by Crippen LogP contribution is -2.33. The molecule has 0 radical (unpaired) electrons. The molecule has 2 aromatic carbocycles. The highest BCUT2D eigenvalue weighted by Gasteiger charge is 2.18. The largest absolute Gasteiger partial charge is 0.243 e. The van der Waals surface area contributed by atoms with Gasteiger partial charge in [-0.15, -0.1) is 0 Å². The van der Waals surface area contributed by atoms with Gasteiger partial charge in [0, 0.05) is 6.07 Å². The summed E-state index contributed by atoms with van der Waals surface area (Å²) < 4.78 is 2.26. The van der Waals surface area contributed by atoms with Gasteiger partial charge >= 0.3 is 0 Å². The summed E-state index contributed by atoms with van der Waals surface area (Å²) in [6.45, 7) is 6.65. The van der Waals surface area contributed by atoms with Crippen LogP contribution in [0.25, 0.3) is 22.3 Å². The predicted molar refractivity (Wildman–Crippen MR) is 91.6 cm³/mol. The van der Waals surface area contributed by atoms with Crippen molar-refractivity contribution in [1.29, 1.82) is 0 Å². The number of aryl methyl sites for hydroxylation is 2. The Morgan fingerprint density at radius 1 is 1.05 bits per heavy atom. The van der Waals surface area contributed by atoms with E-state index >= 15 is 0 Å². The number of para-hydroxylation sites is 1. The summed E-state index contributed by atoms with van der Waals surface area (Å²) in [4.78, 5) is 4.79. The summed E-state index contributed by atoms with van der Waals surface area (Å²) in [5, 5.41) is 0. The van der Waals surface area contributed by atoms with Crippen molar-refractivity contribution in [1.82, 2.24) is 4.98 Å². The lowest BCUT2D eigenvalue weighted by molar-refractivity contribution is -0.634. The minimum Gasteiger partial charge on any atom is -0.243 e. The molecule has 0 saturated carbocycles. The van der Waals surface area contributed by atoms with E-state index in [1.165, 1.54) is 22.2 Å².